The summed E-state index contributed by atoms with van der Waals surface area (Å²) in [4.78, 5) is 2.32. The summed E-state index contributed by atoms with van der Waals surface area (Å²) in [6.45, 7) is 2.70. The summed E-state index contributed by atoms with van der Waals surface area (Å²) in [5.41, 5.74) is 3.31. The third-order valence-corrected chi connectivity index (χ3v) is 5.08. The van der Waals surface area contributed by atoms with Crippen LogP contribution >= 0.6 is 0 Å². The predicted octanol–water partition coefficient (Wildman–Crippen LogP) is 3.69. The highest BCUT2D eigenvalue weighted by Gasteiger charge is 2.36. The molecule has 0 aliphatic carbocycles. The lowest BCUT2D eigenvalue weighted by atomic mass is 9.83. The van der Waals surface area contributed by atoms with E-state index in [4.69, 9.17) is 4.74 Å². The van der Waals surface area contributed by atoms with Gasteiger partial charge in [-0.25, -0.2) is 0 Å². The number of piperidine rings is 3. The Morgan fingerprint density at radius 3 is 2.58 bits per heavy atom. The topological polar surface area (TPSA) is 32.7 Å². The molecule has 0 amide bonds. The second-order valence-corrected chi connectivity index (χ2v) is 6.69. The van der Waals surface area contributed by atoms with Crippen LogP contribution in [0.15, 0.2) is 60.3 Å². The van der Waals surface area contributed by atoms with Gasteiger partial charge in [0.25, 0.3) is 0 Å². The van der Waals surface area contributed by atoms with E-state index in [1.165, 1.54) is 0 Å². The largest absolute Gasteiger partial charge is 0.489 e. The maximum Gasteiger partial charge on any atom is 0.120 e. The van der Waals surface area contributed by atoms with Crippen molar-refractivity contribution in [2.24, 2.45) is 5.92 Å². The SMILES string of the molecule is OC1C(=Cc2cccc(OCc3ccccc3)c2)N2CCC1CC2. The van der Waals surface area contributed by atoms with E-state index >= 15 is 0 Å². The molecule has 2 bridgehead atoms. The molecular formula is C21H23NO2. The van der Waals surface area contributed by atoms with Crippen LogP contribution in [0.25, 0.3) is 6.08 Å². The summed E-state index contributed by atoms with van der Waals surface area (Å²) in [5.74, 6) is 1.29. The maximum atomic E-state index is 10.5. The average molecular weight is 321 g/mol. The Morgan fingerprint density at radius 1 is 1.04 bits per heavy atom. The van der Waals surface area contributed by atoms with Crippen LogP contribution in [0.3, 0.4) is 0 Å². The Labute approximate surface area is 143 Å². The van der Waals surface area contributed by atoms with Gasteiger partial charge in [-0.15, -0.1) is 0 Å². The van der Waals surface area contributed by atoms with Crippen LogP contribution in [0.1, 0.15) is 24.0 Å². The van der Waals surface area contributed by atoms with E-state index < -0.39 is 0 Å². The molecular weight excluding hydrogens is 298 g/mol. The van der Waals surface area contributed by atoms with Gasteiger partial charge in [-0.2, -0.15) is 0 Å². The lowest BCUT2D eigenvalue weighted by Crippen LogP contribution is -2.48. The summed E-state index contributed by atoms with van der Waals surface area (Å²) in [7, 11) is 0. The normalized spacial score (nSPS) is 24.4. The van der Waals surface area contributed by atoms with Crippen LogP contribution in [0.2, 0.25) is 0 Å². The highest BCUT2D eigenvalue weighted by atomic mass is 16.5. The lowest BCUT2D eigenvalue weighted by molar-refractivity contribution is 0.0215. The molecule has 3 heterocycles. The fraction of sp³-hybridized carbons (Fsp3) is 0.333. The Balaban J connectivity index is 1.49. The summed E-state index contributed by atoms with van der Waals surface area (Å²) in [6, 6.07) is 18.3. The minimum Gasteiger partial charge on any atom is -0.489 e. The van der Waals surface area contributed by atoms with Gasteiger partial charge in [-0.1, -0.05) is 42.5 Å². The van der Waals surface area contributed by atoms with Gasteiger partial charge in [0.05, 0.1) is 6.10 Å². The first-order chi connectivity index (χ1) is 11.8. The highest BCUT2D eigenvalue weighted by Crippen LogP contribution is 2.35. The van der Waals surface area contributed by atoms with Crippen molar-refractivity contribution in [3.63, 3.8) is 0 Å². The molecule has 0 radical (unpaired) electrons. The molecule has 1 unspecified atom stereocenters. The van der Waals surface area contributed by atoms with E-state index in [-0.39, 0.29) is 6.10 Å². The molecule has 2 aromatic rings. The summed E-state index contributed by atoms with van der Waals surface area (Å²) < 4.78 is 5.91. The molecule has 0 spiro atoms. The molecule has 1 N–H and O–H groups in total. The van der Waals surface area contributed by atoms with Crippen molar-refractivity contribution in [3.8, 4) is 5.75 Å². The molecule has 24 heavy (non-hydrogen) atoms. The number of ether oxygens (including phenoxy) is 1. The zero-order chi connectivity index (χ0) is 16.4. The summed E-state index contributed by atoms with van der Waals surface area (Å²) in [6.07, 6.45) is 4.02. The quantitative estimate of drug-likeness (QED) is 0.932. The second-order valence-electron chi connectivity index (χ2n) is 6.69. The van der Waals surface area contributed by atoms with Crippen LogP contribution < -0.4 is 4.74 Å². The number of nitrogens with zero attached hydrogens (tertiary/aromatic N) is 1. The van der Waals surface area contributed by atoms with Gasteiger partial charge >= 0.3 is 0 Å². The van der Waals surface area contributed by atoms with Gasteiger partial charge in [-0.05, 0) is 48.1 Å². The van der Waals surface area contributed by atoms with Gasteiger partial charge in [0.15, 0.2) is 0 Å². The van der Waals surface area contributed by atoms with Crippen molar-refractivity contribution in [2.45, 2.75) is 25.6 Å². The fourth-order valence-corrected chi connectivity index (χ4v) is 3.68. The van der Waals surface area contributed by atoms with Crippen LogP contribution in [0.4, 0.5) is 0 Å². The first-order valence-corrected chi connectivity index (χ1v) is 8.71. The Bertz CT molecular complexity index is 714. The van der Waals surface area contributed by atoms with E-state index in [1.54, 1.807) is 0 Å². The molecule has 3 nitrogen and oxygen atoms in total. The number of benzene rings is 2. The van der Waals surface area contributed by atoms with Gasteiger partial charge in [0, 0.05) is 18.8 Å². The summed E-state index contributed by atoms with van der Waals surface area (Å²) >= 11 is 0. The Kier molecular flexibility index (Phi) is 4.26. The molecule has 124 valence electrons. The molecule has 2 aromatic carbocycles. The van der Waals surface area contributed by atoms with E-state index in [0.29, 0.717) is 12.5 Å². The molecule has 0 aromatic heterocycles. The van der Waals surface area contributed by atoms with Gasteiger partial charge < -0.3 is 14.7 Å². The number of rotatable bonds is 4. The standard InChI is InChI=1S/C21H23NO2/c23-21-18-9-11-22(12-10-18)20(21)14-17-7-4-8-19(13-17)24-15-16-5-2-1-3-6-16/h1-8,13-14,18,21,23H,9-12,15H2. The number of fused-ring (bicyclic) bond motifs is 3. The van der Waals surface area contributed by atoms with Crippen molar-refractivity contribution in [1.82, 2.24) is 4.90 Å². The smallest absolute Gasteiger partial charge is 0.120 e. The second kappa shape index (κ2) is 6.70. The highest BCUT2D eigenvalue weighted by molar-refractivity contribution is 5.56. The number of aliphatic hydroxyl groups excluding tert-OH is 1. The van der Waals surface area contributed by atoms with Crippen molar-refractivity contribution < 1.29 is 9.84 Å². The van der Waals surface area contributed by atoms with E-state index in [0.717, 1.165) is 48.5 Å². The molecule has 3 aliphatic rings. The first-order valence-electron chi connectivity index (χ1n) is 8.71. The zero-order valence-electron chi connectivity index (χ0n) is 13.8. The van der Waals surface area contributed by atoms with Gasteiger partial charge in [-0.3, -0.25) is 0 Å². The third kappa shape index (κ3) is 3.17. The minimum atomic E-state index is -0.318. The lowest BCUT2D eigenvalue weighted by Gasteiger charge is -2.45. The molecule has 0 saturated carbocycles. The van der Waals surface area contributed by atoms with Gasteiger partial charge in [0.2, 0.25) is 0 Å². The van der Waals surface area contributed by atoms with Crippen molar-refractivity contribution in [2.75, 3.05) is 13.1 Å². The van der Waals surface area contributed by atoms with Crippen LogP contribution in [-0.4, -0.2) is 29.2 Å². The zero-order valence-corrected chi connectivity index (χ0v) is 13.8. The Morgan fingerprint density at radius 2 is 1.83 bits per heavy atom. The molecule has 5 rings (SSSR count). The first kappa shape index (κ1) is 15.3. The number of hydrogen-bond donors (Lipinski definition) is 1. The minimum absolute atomic E-state index is 0.318. The average Bonchev–Trinajstić information content (AvgIpc) is 2.65. The third-order valence-electron chi connectivity index (χ3n) is 5.08. The fourth-order valence-electron chi connectivity index (χ4n) is 3.68. The van der Waals surface area contributed by atoms with Crippen LogP contribution in [-0.2, 0) is 6.61 Å². The van der Waals surface area contributed by atoms with Crippen molar-refractivity contribution in [1.29, 1.82) is 0 Å². The Hall–Kier alpha value is -2.26. The van der Waals surface area contributed by atoms with Crippen LogP contribution in [0.5, 0.6) is 5.75 Å². The number of hydrogen-bond acceptors (Lipinski definition) is 3. The maximum absolute atomic E-state index is 10.5. The predicted molar refractivity (Wildman–Crippen MR) is 95.5 cm³/mol. The molecule has 3 saturated heterocycles. The van der Waals surface area contributed by atoms with Crippen LogP contribution in [0, 0.1) is 5.92 Å². The van der Waals surface area contributed by atoms with Crippen molar-refractivity contribution >= 4 is 6.08 Å². The van der Waals surface area contributed by atoms with E-state index in [9.17, 15) is 5.11 Å². The van der Waals surface area contributed by atoms with E-state index in [2.05, 4.69) is 29.2 Å². The molecule has 1 atom stereocenters. The molecule has 3 aliphatic heterocycles. The number of aliphatic hydroxyl groups is 1. The molecule has 3 heteroatoms. The van der Waals surface area contributed by atoms with E-state index in [1.807, 2.05) is 36.4 Å². The van der Waals surface area contributed by atoms with Crippen molar-refractivity contribution in [3.05, 3.63) is 71.4 Å². The van der Waals surface area contributed by atoms with Gasteiger partial charge in [0.1, 0.15) is 12.4 Å². The summed E-state index contributed by atoms with van der Waals surface area (Å²) in [5, 5.41) is 10.5. The molecule has 3 fully saturated rings. The monoisotopic (exact) mass is 321 g/mol.